The first-order valence-corrected chi connectivity index (χ1v) is 8.27. The van der Waals surface area contributed by atoms with E-state index in [0.717, 1.165) is 10.9 Å². The largest absolute Gasteiger partial charge is 1.00 e. The summed E-state index contributed by atoms with van der Waals surface area (Å²) in [5, 5.41) is 24.2. The molecule has 1 heterocycles. The Morgan fingerprint density at radius 3 is 2.60 bits per heavy atom. The van der Waals surface area contributed by atoms with Crippen molar-refractivity contribution in [2.45, 2.75) is 25.6 Å². The Balaban J connectivity index is 0.00000225. The minimum Gasteiger partial charge on any atom is -1.00 e. The summed E-state index contributed by atoms with van der Waals surface area (Å²) in [5.74, 6) is 0.146. The number of aromatic hydroxyl groups is 1. The Kier molecular flexibility index (Phi) is 6.62. The van der Waals surface area contributed by atoms with E-state index in [0.29, 0.717) is 22.6 Å². The van der Waals surface area contributed by atoms with Crippen LogP contribution in [0, 0.1) is 0 Å². The lowest BCUT2D eigenvalue weighted by Gasteiger charge is -2.18. The maximum Gasteiger partial charge on any atom is 0.150 e. The summed E-state index contributed by atoms with van der Waals surface area (Å²) in [6, 6.07) is 14.9. The number of halogens is 2. The van der Waals surface area contributed by atoms with Gasteiger partial charge in [-0.05, 0) is 30.7 Å². The second kappa shape index (κ2) is 8.50. The number of pyridine rings is 1. The third-order valence-electron chi connectivity index (χ3n) is 4.24. The van der Waals surface area contributed by atoms with Gasteiger partial charge in [0.1, 0.15) is 24.2 Å². The van der Waals surface area contributed by atoms with Gasteiger partial charge in [-0.15, -0.1) is 0 Å². The first-order valence-electron chi connectivity index (χ1n) is 7.89. The highest BCUT2D eigenvalue weighted by molar-refractivity contribution is 6.35. The highest BCUT2D eigenvalue weighted by Crippen LogP contribution is 2.32. The number of quaternary nitrogens is 1. The molecule has 132 valence electrons. The van der Waals surface area contributed by atoms with Gasteiger partial charge in [0.25, 0.3) is 0 Å². The molecular formula is C19H20Cl2N2O2. The standard InChI is InChI=1S/C19H19ClN2O2.ClH/c1-12(18(23)13-6-3-2-4-7-13)22-11-14-10-16(20)15-8-5-9-21-17(15)19(14)24;/h2-10,12,18,22-24H,11H2,1H3;1H. The molecule has 0 spiro atoms. The summed E-state index contributed by atoms with van der Waals surface area (Å²) in [6.45, 7) is 2.46. The Hall–Kier alpha value is -1.85. The summed E-state index contributed by atoms with van der Waals surface area (Å²) in [5.41, 5.74) is 2.09. The molecule has 25 heavy (non-hydrogen) atoms. The number of nitrogens with two attached hydrogens (primary N) is 1. The van der Waals surface area contributed by atoms with Gasteiger partial charge in [-0.1, -0.05) is 41.9 Å². The van der Waals surface area contributed by atoms with Crippen molar-refractivity contribution in [3.8, 4) is 5.75 Å². The Morgan fingerprint density at radius 1 is 1.16 bits per heavy atom. The number of hydrogen-bond donors (Lipinski definition) is 3. The van der Waals surface area contributed by atoms with E-state index in [4.69, 9.17) is 11.6 Å². The average Bonchev–Trinajstić information content (AvgIpc) is 2.63. The van der Waals surface area contributed by atoms with E-state index in [1.165, 1.54) is 0 Å². The minimum absolute atomic E-state index is 0. The molecule has 2 aromatic carbocycles. The number of aliphatic hydroxyl groups is 1. The van der Waals surface area contributed by atoms with E-state index in [1.54, 1.807) is 18.3 Å². The molecule has 4 nitrogen and oxygen atoms in total. The van der Waals surface area contributed by atoms with Crippen LogP contribution in [0.15, 0.2) is 54.7 Å². The molecule has 1 aromatic heterocycles. The van der Waals surface area contributed by atoms with Gasteiger partial charge >= 0.3 is 0 Å². The lowest BCUT2D eigenvalue weighted by atomic mass is 10.0. The van der Waals surface area contributed by atoms with Crippen LogP contribution < -0.4 is 17.7 Å². The topological polar surface area (TPSA) is 70.0 Å². The molecule has 0 aliphatic heterocycles. The molecule has 3 aromatic rings. The van der Waals surface area contributed by atoms with E-state index in [2.05, 4.69) is 4.98 Å². The fourth-order valence-electron chi connectivity index (χ4n) is 2.79. The van der Waals surface area contributed by atoms with Gasteiger partial charge in [-0.2, -0.15) is 0 Å². The Bertz CT molecular complexity index is 843. The van der Waals surface area contributed by atoms with Crippen LogP contribution in [-0.4, -0.2) is 21.2 Å². The summed E-state index contributed by atoms with van der Waals surface area (Å²) in [7, 11) is 0. The van der Waals surface area contributed by atoms with E-state index >= 15 is 0 Å². The van der Waals surface area contributed by atoms with Gasteiger partial charge in [0.05, 0.1) is 10.6 Å². The fourth-order valence-corrected chi connectivity index (χ4v) is 3.07. The van der Waals surface area contributed by atoms with Crippen molar-refractivity contribution in [1.29, 1.82) is 0 Å². The second-order valence-corrected chi connectivity index (χ2v) is 6.33. The highest BCUT2D eigenvalue weighted by Gasteiger charge is 2.20. The van der Waals surface area contributed by atoms with Crippen molar-refractivity contribution in [2.24, 2.45) is 0 Å². The molecule has 0 aliphatic rings. The van der Waals surface area contributed by atoms with Crippen LogP contribution in [0.25, 0.3) is 10.9 Å². The molecule has 2 atom stereocenters. The lowest BCUT2D eigenvalue weighted by molar-refractivity contribution is -0.709. The summed E-state index contributed by atoms with van der Waals surface area (Å²) in [6.07, 6.45) is 1.05. The molecular weight excluding hydrogens is 359 g/mol. The maximum absolute atomic E-state index is 10.4. The number of hydrogen-bond acceptors (Lipinski definition) is 3. The second-order valence-electron chi connectivity index (χ2n) is 5.92. The van der Waals surface area contributed by atoms with Crippen molar-refractivity contribution in [2.75, 3.05) is 0 Å². The molecule has 0 amide bonds. The molecule has 0 bridgehead atoms. The number of nitrogens with zero attached hydrogens (tertiary/aromatic N) is 1. The van der Waals surface area contributed by atoms with Crippen LogP contribution in [0.5, 0.6) is 5.75 Å². The number of rotatable bonds is 5. The van der Waals surface area contributed by atoms with Crippen LogP contribution in [0.4, 0.5) is 0 Å². The molecule has 6 heteroatoms. The summed E-state index contributed by atoms with van der Waals surface area (Å²) in [4.78, 5) is 4.21. The monoisotopic (exact) mass is 378 g/mol. The first kappa shape index (κ1) is 19.5. The van der Waals surface area contributed by atoms with Crippen molar-refractivity contribution in [1.82, 2.24) is 4.98 Å². The van der Waals surface area contributed by atoms with Crippen molar-refractivity contribution < 1.29 is 27.9 Å². The van der Waals surface area contributed by atoms with E-state index in [-0.39, 0.29) is 24.2 Å². The SMILES string of the molecule is CC([NH2+]Cc1cc(Cl)c2cccnc2c1O)C(O)c1ccccc1.[Cl-]. The van der Waals surface area contributed by atoms with Gasteiger partial charge in [0, 0.05) is 11.6 Å². The van der Waals surface area contributed by atoms with Crippen LogP contribution in [0.2, 0.25) is 5.02 Å². The third-order valence-corrected chi connectivity index (χ3v) is 4.56. The number of aliphatic hydroxyl groups excluding tert-OH is 1. The zero-order valence-electron chi connectivity index (χ0n) is 13.7. The van der Waals surface area contributed by atoms with E-state index in [1.807, 2.05) is 48.6 Å². The maximum atomic E-state index is 10.4. The normalized spacial score (nSPS) is 13.2. The fraction of sp³-hybridized carbons (Fsp3) is 0.211. The molecule has 4 N–H and O–H groups in total. The lowest BCUT2D eigenvalue weighted by Crippen LogP contribution is -3.00. The molecule has 3 rings (SSSR count). The number of fused-ring (bicyclic) bond motifs is 1. The summed E-state index contributed by atoms with van der Waals surface area (Å²) >= 11 is 6.29. The van der Waals surface area contributed by atoms with E-state index < -0.39 is 6.10 Å². The number of benzene rings is 2. The van der Waals surface area contributed by atoms with Gasteiger partial charge < -0.3 is 27.9 Å². The quantitative estimate of drug-likeness (QED) is 0.574. The smallest absolute Gasteiger partial charge is 0.150 e. The average molecular weight is 379 g/mol. The Morgan fingerprint density at radius 2 is 1.88 bits per heavy atom. The first-order chi connectivity index (χ1) is 11.6. The van der Waals surface area contributed by atoms with Crippen molar-refractivity contribution in [3.63, 3.8) is 0 Å². The third kappa shape index (κ3) is 4.22. The predicted molar refractivity (Wildman–Crippen MR) is 94.9 cm³/mol. The number of phenols is 1. The molecule has 0 saturated carbocycles. The zero-order chi connectivity index (χ0) is 17.1. The zero-order valence-corrected chi connectivity index (χ0v) is 15.2. The summed E-state index contributed by atoms with van der Waals surface area (Å²) < 4.78 is 0. The highest BCUT2D eigenvalue weighted by atomic mass is 35.5. The van der Waals surface area contributed by atoms with Gasteiger partial charge in [0.2, 0.25) is 0 Å². The van der Waals surface area contributed by atoms with E-state index in [9.17, 15) is 10.2 Å². The number of aromatic nitrogens is 1. The molecule has 2 unspecified atom stereocenters. The molecule has 0 radical (unpaired) electrons. The Labute approximate surface area is 157 Å². The number of phenolic OH excluding ortho intramolecular Hbond substituents is 1. The van der Waals surface area contributed by atoms with Crippen molar-refractivity contribution in [3.05, 3.63) is 70.9 Å². The van der Waals surface area contributed by atoms with Gasteiger partial charge in [-0.25, -0.2) is 0 Å². The predicted octanol–water partition coefficient (Wildman–Crippen LogP) is -0.217. The van der Waals surface area contributed by atoms with Gasteiger partial charge in [0.15, 0.2) is 5.75 Å². The molecule has 0 fully saturated rings. The van der Waals surface area contributed by atoms with Crippen LogP contribution in [0.3, 0.4) is 0 Å². The minimum atomic E-state index is -0.581. The van der Waals surface area contributed by atoms with Gasteiger partial charge in [-0.3, -0.25) is 4.98 Å². The van der Waals surface area contributed by atoms with Crippen LogP contribution in [0.1, 0.15) is 24.2 Å². The molecule has 0 saturated heterocycles. The molecule has 0 aliphatic carbocycles. The van der Waals surface area contributed by atoms with Crippen LogP contribution >= 0.6 is 11.6 Å². The van der Waals surface area contributed by atoms with Crippen LogP contribution in [-0.2, 0) is 6.54 Å². The van der Waals surface area contributed by atoms with Crippen molar-refractivity contribution >= 4 is 22.5 Å².